The van der Waals surface area contributed by atoms with E-state index >= 15 is 0 Å². The third-order valence-electron chi connectivity index (χ3n) is 3.30. The number of rotatable bonds is 5. The zero-order valence-electron chi connectivity index (χ0n) is 11.6. The van der Waals surface area contributed by atoms with Gasteiger partial charge in [0, 0.05) is 6.61 Å². The Labute approximate surface area is 114 Å². The fourth-order valence-electron chi connectivity index (χ4n) is 2.08. The number of carbonyl (C=O) groups is 1. The first-order valence-electron chi connectivity index (χ1n) is 6.72. The van der Waals surface area contributed by atoms with Crippen LogP contribution in [0.3, 0.4) is 0 Å². The Balaban J connectivity index is 1.71. The maximum atomic E-state index is 11.7. The lowest BCUT2D eigenvalue weighted by molar-refractivity contribution is -0.125. The lowest BCUT2D eigenvalue weighted by Crippen LogP contribution is -2.33. The molecule has 1 aromatic carbocycles. The van der Waals surface area contributed by atoms with Crippen molar-refractivity contribution in [2.24, 2.45) is 5.92 Å². The van der Waals surface area contributed by atoms with E-state index in [1.165, 1.54) is 5.56 Å². The van der Waals surface area contributed by atoms with E-state index in [9.17, 15) is 4.79 Å². The number of benzene rings is 1. The predicted molar refractivity (Wildman–Crippen MR) is 73.3 cm³/mol. The molecule has 0 saturated carbocycles. The summed E-state index contributed by atoms with van der Waals surface area (Å²) in [7, 11) is 0. The second-order valence-corrected chi connectivity index (χ2v) is 4.97. The predicted octanol–water partition coefficient (Wildman–Crippen LogP) is 1.83. The first-order chi connectivity index (χ1) is 9.16. The zero-order valence-corrected chi connectivity index (χ0v) is 11.6. The molecule has 1 aliphatic heterocycles. The van der Waals surface area contributed by atoms with E-state index in [2.05, 4.69) is 11.4 Å². The van der Waals surface area contributed by atoms with Crippen molar-refractivity contribution in [1.29, 1.82) is 0 Å². The Hall–Kier alpha value is -1.55. The van der Waals surface area contributed by atoms with Gasteiger partial charge >= 0.3 is 0 Å². The summed E-state index contributed by atoms with van der Waals surface area (Å²) >= 11 is 0. The van der Waals surface area contributed by atoms with E-state index < -0.39 is 0 Å². The number of hydrogen-bond acceptors (Lipinski definition) is 3. The van der Waals surface area contributed by atoms with E-state index in [4.69, 9.17) is 9.47 Å². The van der Waals surface area contributed by atoms with Crippen LogP contribution in [0.15, 0.2) is 18.2 Å². The summed E-state index contributed by atoms with van der Waals surface area (Å²) in [5.74, 6) is 0.973. The summed E-state index contributed by atoms with van der Waals surface area (Å²) in [5, 5.41) is 2.88. The summed E-state index contributed by atoms with van der Waals surface area (Å²) in [4.78, 5) is 11.7. The van der Waals surface area contributed by atoms with Gasteiger partial charge in [0.15, 0.2) is 0 Å². The van der Waals surface area contributed by atoms with Crippen LogP contribution < -0.4 is 10.1 Å². The smallest absolute Gasteiger partial charge is 0.225 e. The SMILES string of the molecule is Cc1ccc(C)c(OCCNC(=O)[C@H]2CCOC2)c1. The van der Waals surface area contributed by atoms with Crippen LogP contribution in [-0.4, -0.2) is 32.3 Å². The molecule has 19 heavy (non-hydrogen) atoms. The van der Waals surface area contributed by atoms with Crippen LogP contribution in [0.5, 0.6) is 5.75 Å². The van der Waals surface area contributed by atoms with Crippen LogP contribution in [0.1, 0.15) is 17.5 Å². The second-order valence-electron chi connectivity index (χ2n) is 4.97. The van der Waals surface area contributed by atoms with Gasteiger partial charge in [-0.25, -0.2) is 0 Å². The topological polar surface area (TPSA) is 47.6 Å². The normalized spacial score (nSPS) is 18.3. The Kier molecular flexibility index (Phi) is 4.80. The molecule has 0 aliphatic carbocycles. The maximum Gasteiger partial charge on any atom is 0.225 e. The molecule has 1 amide bonds. The van der Waals surface area contributed by atoms with Crippen LogP contribution >= 0.6 is 0 Å². The third kappa shape index (κ3) is 3.96. The number of nitrogens with one attached hydrogen (secondary N) is 1. The minimum absolute atomic E-state index is 0.0145. The van der Waals surface area contributed by atoms with Crippen molar-refractivity contribution in [1.82, 2.24) is 5.32 Å². The van der Waals surface area contributed by atoms with Crippen molar-refractivity contribution in [3.8, 4) is 5.75 Å². The van der Waals surface area contributed by atoms with Gasteiger partial charge in [0.05, 0.1) is 19.1 Å². The Morgan fingerprint density at radius 1 is 1.47 bits per heavy atom. The van der Waals surface area contributed by atoms with Crippen LogP contribution in [-0.2, 0) is 9.53 Å². The molecule has 1 aliphatic rings. The lowest BCUT2D eigenvalue weighted by atomic mass is 10.1. The fraction of sp³-hybridized carbons (Fsp3) is 0.533. The van der Waals surface area contributed by atoms with Gasteiger partial charge < -0.3 is 14.8 Å². The van der Waals surface area contributed by atoms with Crippen molar-refractivity contribution in [3.63, 3.8) is 0 Å². The highest BCUT2D eigenvalue weighted by atomic mass is 16.5. The fourth-order valence-corrected chi connectivity index (χ4v) is 2.08. The highest BCUT2D eigenvalue weighted by Crippen LogP contribution is 2.18. The van der Waals surface area contributed by atoms with E-state index in [1.54, 1.807) is 0 Å². The van der Waals surface area contributed by atoms with Gasteiger partial charge in [-0.3, -0.25) is 4.79 Å². The minimum atomic E-state index is 0.0145. The molecule has 1 aromatic rings. The van der Waals surface area contributed by atoms with Crippen molar-refractivity contribution < 1.29 is 14.3 Å². The van der Waals surface area contributed by atoms with Crippen LogP contribution in [0, 0.1) is 19.8 Å². The molecule has 2 rings (SSSR count). The van der Waals surface area contributed by atoms with Gasteiger partial charge in [0.1, 0.15) is 12.4 Å². The van der Waals surface area contributed by atoms with Crippen molar-refractivity contribution >= 4 is 5.91 Å². The van der Waals surface area contributed by atoms with Crippen LogP contribution in [0.4, 0.5) is 0 Å². The monoisotopic (exact) mass is 263 g/mol. The summed E-state index contributed by atoms with van der Waals surface area (Å²) in [5.41, 5.74) is 2.29. The summed E-state index contributed by atoms with van der Waals surface area (Å²) in [6.07, 6.45) is 0.823. The Morgan fingerprint density at radius 3 is 3.05 bits per heavy atom. The highest BCUT2D eigenvalue weighted by Gasteiger charge is 2.22. The molecule has 0 bridgehead atoms. The molecule has 1 heterocycles. The average molecular weight is 263 g/mol. The maximum absolute atomic E-state index is 11.7. The van der Waals surface area contributed by atoms with E-state index in [0.717, 1.165) is 17.7 Å². The number of ether oxygens (including phenoxy) is 2. The Bertz CT molecular complexity index is 439. The van der Waals surface area contributed by atoms with Crippen LogP contribution in [0.25, 0.3) is 0 Å². The molecule has 0 radical (unpaired) electrons. The molecule has 4 nitrogen and oxygen atoms in total. The summed E-state index contributed by atoms with van der Waals surface area (Å²) < 4.78 is 10.9. The number of aryl methyl sites for hydroxylation is 2. The molecular weight excluding hydrogens is 242 g/mol. The number of amides is 1. The first kappa shape index (κ1) is 13.9. The molecule has 4 heteroatoms. The van der Waals surface area contributed by atoms with E-state index in [1.807, 2.05) is 26.0 Å². The van der Waals surface area contributed by atoms with Gasteiger partial charge in [-0.15, -0.1) is 0 Å². The van der Waals surface area contributed by atoms with Gasteiger partial charge in [0.25, 0.3) is 0 Å². The molecule has 1 saturated heterocycles. The molecule has 0 spiro atoms. The van der Waals surface area contributed by atoms with Gasteiger partial charge in [-0.2, -0.15) is 0 Å². The first-order valence-corrected chi connectivity index (χ1v) is 6.72. The summed E-state index contributed by atoms with van der Waals surface area (Å²) in [6, 6.07) is 6.12. The number of hydrogen-bond donors (Lipinski definition) is 1. The molecule has 0 aromatic heterocycles. The molecule has 1 atom stereocenters. The second kappa shape index (κ2) is 6.57. The highest BCUT2D eigenvalue weighted by molar-refractivity contribution is 5.78. The van der Waals surface area contributed by atoms with Crippen molar-refractivity contribution in [2.75, 3.05) is 26.4 Å². The third-order valence-corrected chi connectivity index (χ3v) is 3.30. The lowest BCUT2D eigenvalue weighted by Gasteiger charge is -2.12. The van der Waals surface area contributed by atoms with Crippen LogP contribution in [0.2, 0.25) is 0 Å². The minimum Gasteiger partial charge on any atom is -0.491 e. The molecule has 0 unspecified atom stereocenters. The molecule has 1 fully saturated rings. The number of carbonyl (C=O) groups excluding carboxylic acids is 1. The average Bonchev–Trinajstić information content (AvgIpc) is 2.92. The van der Waals surface area contributed by atoms with Gasteiger partial charge in [-0.1, -0.05) is 12.1 Å². The van der Waals surface area contributed by atoms with Gasteiger partial charge in [0.2, 0.25) is 5.91 Å². The van der Waals surface area contributed by atoms with E-state index in [0.29, 0.717) is 26.4 Å². The van der Waals surface area contributed by atoms with Crippen molar-refractivity contribution in [3.05, 3.63) is 29.3 Å². The summed E-state index contributed by atoms with van der Waals surface area (Å²) in [6.45, 7) is 6.31. The van der Waals surface area contributed by atoms with Crippen molar-refractivity contribution in [2.45, 2.75) is 20.3 Å². The quantitative estimate of drug-likeness (QED) is 0.825. The van der Waals surface area contributed by atoms with E-state index in [-0.39, 0.29) is 11.8 Å². The zero-order chi connectivity index (χ0) is 13.7. The molecule has 1 N–H and O–H groups in total. The Morgan fingerprint density at radius 2 is 2.32 bits per heavy atom. The van der Waals surface area contributed by atoms with Gasteiger partial charge in [-0.05, 0) is 37.5 Å². The molecular formula is C15H21NO3. The molecule has 104 valence electrons. The largest absolute Gasteiger partial charge is 0.491 e. The standard InChI is InChI=1S/C15H21NO3/c1-11-3-4-12(2)14(9-11)19-8-6-16-15(17)13-5-7-18-10-13/h3-4,9,13H,5-8,10H2,1-2H3,(H,16,17)/t13-/m0/s1.